The molecule has 1 aromatic carbocycles. The molecule has 26 heavy (non-hydrogen) atoms. The topological polar surface area (TPSA) is 64.1 Å². The molecule has 0 aliphatic rings. The third kappa shape index (κ3) is 3.48. The van der Waals surface area contributed by atoms with Crippen molar-refractivity contribution < 1.29 is 22.7 Å². The fraction of sp³-hybridized carbons (Fsp3) is 0.235. The van der Waals surface area contributed by atoms with Crippen molar-refractivity contribution >= 4 is 39.0 Å². The number of nitrogens with one attached hydrogen (secondary N) is 1. The first-order valence-electron chi connectivity index (χ1n) is 7.66. The van der Waals surface area contributed by atoms with Crippen LogP contribution in [-0.2, 0) is 10.9 Å². The van der Waals surface area contributed by atoms with Gasteiger partial charge < -0.3 is 10.1 Å². The first kappa shape index (κ1) is 18.1. The van der Waals surface area contributed by atoms with E-state index in [1.807, 2.05) is 0 Å². The number of fused-ring (bicyclic) bond motifs is 1. The SMILES string of the molecule is CCOC(=O)c1sc2ncnc(Nc3ccc(C(F)(F)F)cc3)c2c1C. The molecule has 9 heteroatoms. The molecule has 2 heterocycles. The van der Waals surface area contributed by atoms with Crippen LogP contribution >= 0.6 is 11.3 Å². The molecule has 0 bridgehead atoms. The van der Waals surface area contributed by atoms with Crippen LogP contribution in [0.2, 0.25) is 0 Å². The number of alkyl halides is 3. The lowest BCUT2D eigenvalue weighted by Crippen LogP contribution is -2.05. The Bertz CT molecular complexity index is 952. The Kier molecular flexibility index (Phi) is 4.82. The van der Waals surface area contributed by atoms with Gasteiger partial charge in [-0.1, -0.05) is 0 Å². The number of thiophene rings is 1. The molecule has 0 aliphatic heterocycles. The minimum absolute atomic E-state index is 0.259. The maximum Gasteiger partial charge on any atom is 0.416 e. The van der Waals surface area contributed by atoms with Crippen LogP contribution in [0.4, 0.5) is 24.7 Å². The highest BCUT2D eigenvalue weighted by Gasteiger charge is 2.30. The van der Waals surface area contributed by atoms with Crippen LogP contribution in [0.1, 0.15) is 27.7 Å². The molecular formula is C17H14F3N3O2S. The summed E-state index contributed by atoms with van der Waals surface area (Å²) in [6, 6.07) is 4.63. The summed E-state index contributed by atoms with van der Waals surface area (Å²) in [6.07, 6.45) is -3.06. The molecule has 0 spiro atoms. The molecule has 0 aliphatic carbocycles. The van der Waals surface area contributed by atoms with E-state index in [2.05, 4.69) is 15.3 Å². The van der Waals surface area contributed by atoms with Gasteiger partial charge in [-0.15, -0.1) is 11.3 Å². The van der Waals surface area contributed by atoms with E-state index in [9.17, 15) is 18.0 Å². The summed E-state index contributed by atoms with van der Waals surface area (Å²) in [6.45, 7) is 3.74. The van der Waals surface area contributed by atoms with Crippen molar-refractivity contribution in [3.63, 3.8) is 0 Å². The zero-order chi connectivity index (χ0) is 18.9. The van der Waals surface area contributed by atoms with Gasteiger partial charge in [0.2, 0.25) is 0 Å². The maximum absolute atomic E-state index is 12.7. The van der Waals surface area contributed by atoms with Crippen molar-refractivity contribution in [3.05, 3.63) is 46.6 Å². The predicted octanol–water partition coefficient (Wildman–Crippen LogP) is 4.94. The van der Waals surface area contributed by atoms with E-state index in [-0.39, 0.29) is 6.61 Å². The summed E-state index contributed by atoms with van der Waals surface area (Å²) in [4.78, 5) is 21.4. The molecule has 0 radical (unpaired) electrons. The van der Waals surface area contributed by atoms with E-state index >= 15 is 0 Å². The number of benzene rings is 1. The second-order valence-corrected chi connectivity index (χ2v) is 6.38. The quantitative estimate of drug-likeness (QED) is 0.649. The number of ether oxygens (including phenoxy) is 1. The van der Waals surface area contributed by atoms with Gasteiger partial charge in [0.25, 0.3) is 0 Å². The fourth-order valence-electron chi connectivity index (χ4n) is 2.44. The molecule has 1 N–H and O–H groups in total. The van der Waals surface area contributed by atoms with Gasteiger partial charge in [0.1, 0.15) is 21.9 Å². The summed E-state index contributed by atoms with van der Waals surface area (Å²) in [5.74, 6) is -0.0208. The predicted molar refractivity (Wildman–Crippen MR) is 92.8 cm³/mol. The van der Waals surface area contributed by atoms with Crippen LogP contribution in [0, 0.1) is 6.92 Å². The second-order valence-electron chi connectivity index (χ2n) is 5.38. The second kappa shape index (κ2) is 6.91. The minimum atomic E-state index is -4.39. The summed E-state index contributed by atoms with van der Waals surface area (Å²) in [7, 11) is 0. The van der Waals surface area contributed by atoms with E-state index in [0.717, 1.165) is 12.1 Å². The molecule has 0 fully saturated rings. The number of rotatable bonds is 4. The average molecular weight is 381 g/mol. The number of nitrogens with zero attached hydrogens (tertiary/aromatic N) is 2. The number of carbonyl (C=O) groups is 1. The Hall–Kier alpha value is -2.68. The van der Waals surface area contributed by atoms with E-state index in [0.29, 0.717) is 32.2 Å². The summed E-state index contributed by atoms with van der Waals surface area (Å²) in [5.41, 5.74) is 0.381. The van der Waals surface area contributed by atoms with Crippen molar-refractivity contribution in [3.8, 4) is 0 Å². The Labute approximate surface area is 150 Å². The summed E-state index contributed by atoms with van der Waals surface area (Å²) in [5, 5.41) is 3.63. The number of halogens is 3. The molecule has 0 amide bonds. The number of aryl methyl sites for hydroxylation is 1. The molecule has 3 rings (SSSR count). The van der Waals surface area contributed by atoms with Crippen LogP contribution in [0.15, 0.2) is 30.6 Å². The Morgan fingerprint density at radius 3 is 2.54 bits per heavy atom. The van der Waals surface area contributed by atoms with Crippen molar-refractivity contribution in [2.45, 2.75) is 20.0 Å². The van der Waals surface area contributed by atoms with Gasteiger partial charge in [-0.2, -0.15) is 13.2 Å². The van der Waals surface area contributed by atoms with Crippen molar-refractivity contribution in [2.24, 2.45) is 0 Å². The summed E-state index contributed by atoms with van der Waals surface area (Å²) >= 11 is 1.19. The third-order valence-electron chi connectivity index (χ3n) is 3.66. The zero-order valence-corrected chi connectivity index (χ0v) is 14.7. The van der Waals surface area contributed by atoms with Gasteiger partial charge in [0.15, 0.2) is 0 Å². The molecule has 3 aromatic rings. The Morgan fingerprint density at radius 2 is 1.92 bits per heavy atom. The van der Waals surface area contributed by atoms with Gasteiger partial charge in [0, 0.05) is 5.69 Å². The van der Waals surface area contributed by atoms with Crippen molar-refractivity contribution in [1.82, 2.24) is 9.97 Å². The molecule has 2 aromatic heterocycles. The zero-order valence-electron chi connectivity index (χ0n) is 13.8. The highest BCUT2D eigenvalue weighted by molar-refractivity contribution is 7.20. The van der Waals surface area contributed by atoms with E-state index in [4.69, 9.17) is 4.74 Å². The average Bonchev–Trinajstić information content (AvgIpc) is 2.93. The molecule has 5 nitrogen and oxygen atoms in total. The standard InChI is InChI=1S/C17H14F3N3O2S/c1-3-25-16(24)13-9(2)12-14(21-8-22-15(12)26-13)23-11-6-4-10(5-7-11)17(18,19)20/h4-8H,3H2,1-2H3,(H,21,22,23). The number of aromatic nitrogens is 2. The van der Waals surface area contributed by atoms with Gasteiger partial charge in [-0.05, 0) is 43.7 Å². The number of hydrogen-bond donors (Lipinski definition) is 1. The molecule has 0 unspecified atom stereocenters. The highest BCUT2D eigenvalue weighted by atomic mass is 32.1. The number of anilines is 2. The van der Waals surface area contributed by atoms with Gasteiger partial charge in [-0.25, -0.2) is 14.8 Å². The van der Waals surface area contributed by atoms with Crippen LogP contribution in [-0.4, -0.2) is 22.5 Å². The lowest BCUT2D eigenvalue weighted by atomic mass is 10.2. The van der Waals surface area contributed by atoms with Gasteiger partial charge >= 0.3 is 12.1 Å². The summed E-state index contributed by atoms with van der Waals surface area (Å²) < 4.78 is 43.0. The Balaban J connectivity index is 1.97. The van der Waals surface area contributed by atoms with Crippen molar-refractivity contribution in [1.29, 1.82) is 0 Å². The smallest absolute Gasteiger partial charge is 0.416 e. The molecule has 136 valence electrons. The third-order valence-corrected chi connectivity index (χ3v) is 4.84. The number of hydrogen-bond acceptors (Lipinski definition) is 6. The molecule has 0 saturated carbocycles. The minimum Gasteiger partial charge on any atom is -0.462 e. The van der Waals surface area contributed by atoms with Crippen molar-refractivity contribution in [2.75, 3.05) is 11.9 Å². The maximum atomic E-state index is 12.7. The number of esters is 1. The first-order chi connectivity index (χ1) is 12.3. The van der Waals surface area contributed by atoms with E-state index < -0.39 is 17.7 Å². The van der Waals surface area contributed by atoms with E-state index in [1.165, 1.54) is 29.8 Å². The number of carbonyl (C=O) groups excluding carboxylic acids is 1. The Morgan fingerprint density at radius 1 is 1.23 bits per heavy atom. The van der Waals surface area contributed by atoms with Gasteiger partial charge in [0.05, 0.1) is 17.6 Å². The molecule has 0 saturated heterocycles. The molecule has 0 atom stereocenters. The van der Waals surface area contributed by atoms with Gasteiger partial charge in [-0.3, -0.25) is 0 Å². The lowest BCUT2D eigenvalue weighted by molar-refractivity contribution is -0.137. The van der Waals surface area contributed by atoms with E-state index in [1.54, 1.807) is 13.8 Å². The normalized spacial score (nSPS) is 11.6. The van der Waals surface area contributed by atoms with Crippen LogP contribution in [0.3, 0.4) is 0 Å². The van der Waals surface area contributed by atoms with Crippen LogP contribution in [0.25, 0.3) is 10.2 Å². The largest absolute Gasteiger partial charge is 0.462 e. The van der Waals surface area contributed by atoms with Crippen LogP contribution < -0.4 is 5.32 Å². The highest BCUT2D eigenvalue weighted by Crippen LogP contribution is 2.35. The monoisotopic (exact) mass is 381 g/mol. The lowest BCUT2D eigenvalue weighted by Gasteiger charge is -2.10. The van der Waals surface area contributed by atoms with Crippen LogP contribution in [0.5, 0.6) is 0 Å². The fourth-order valence-corrected chi connectivity index (χ4v) is 3.48. The first-order valence-corrected chi connectivity index (χ1v) is 8.48. The molecular weight excluding hydrogens is 367 g/mol.